The van der Waals surface area contributed by atoms with Gasteiger partial charge in [0.15, 0.2) is 0 Å². The Labute approximate surface area is 203 Å². The van der Waals surface area contributed by atoms with Crippen LogP contribution in [0.3, 0.4) is 0 Å². The van der Waals surface area contributed by atoms with Gasteiger partial charge in [-0.3, -0.25) is 14.4 Å². The van der Waals surface area contributed by atoms with E-state index in [0.29, 0.717) is 15.8 Å². The average Bonchev–Trinajstić information content (AvgIpc) is 3.27. The predicted octanol–water partition coefficient (Wildman–Crippen LogP) is 4.96. The highest BCUT2D eigenvalue weighted by Crippen LogP contribution is 2.28. The third-order valence-corrected chi connectivity index (χ3v) is 7.86. The van der Waals surface area contributed by atoms with E-state index in [-0.39, 0.29) is 4.90 Å². The van der Waals surface area contributed by atoms with Crippen LogP contribution >= 0.6 is 11.3 Å². The Bertz CT molecular complexity index is 1400. The maximum Gasteiger partial charge on any atom is 0.264 e. The number of carbonyl (C=O) groups is 1. The summed E-state index contributed by atoms with van der Waals surface area (Å²) in [6.07, 6.45) is 0. The Morgan fingerprint density at radius 3 is 1.94 bits per heavy atom. The quantitative estimate of drug-likeness (QED) is 0.393. The van der Waals surface area contributed by atoms with Crippen LogP contribution in [-0.2, 0) is 14.8 Å². The number of hydrogen-bond donors (Lipinski definition) is 1. The first-order valence-corrected chi connectivity index (χ1v) is 12.8. The maximum atomic E-state index is 13.5. The third-order valence-electron chi connectivity index (χ3n) is 5.19. The van der Waals surface area contributed by atoms with Crippen LogP contribution in [0.2, 0.25) is 0 Å². The fraction of sp³-hybridized carbons (Fsp3) is 0.160. The lowest BCUT2D eigenvalue weighted by atomic mass is 10.2. The van der Waals surface area contributed by atoms with Crippen molar-refractivity contribution >= 4 is 38.1 Å². The zero-order valence-electron chi connectivity index (χ0n) is 19.0. The molecule has 0 saturated carbocycles. The number of sulfonamides is 1. The van der Waals surface area contributed by atoms with Gasteiger partial charge in [0.05, 0.1) is 10.6 Å². The van der Waals surface area contributed by atoms with Crippen LogP contribution in [0.5, 0.6) is 0 Å². The van der Waals surface area contributed by atoms with Gasteiger partial charge in [-0.1, -0.05) is 76.6 Å². The summed E-state index contributed by atoms with van der Waals surface area (Å²) in [7, 11) is -3.97. The van der Waals surface area contributed by atoms with Gasteiger partial charge in [-0.15, -0.1) is 10.2 Å². The number of nitrogens with zero attached hydrogens (tertiary/aromatic N) is 3. The van der Waals surface area contributed by atoms with Gasteiger partial charge in [-0.2, -0.15) is 0 Å². The number of carbonyl (C=O) groups excluding carboxylic acids is 1. The van der Waals surface area contributed by atoms with Crippen molar-refractivity contribution in [2.24, 2.45) is 0 Å². The molecule has 0 atom stereocenters. The van der Waals surface area contributed by atoms with E-state index in [1.54, 1.807) is 36.4 Å². The molecule has 0 radical (unpaired) electrons. The summed E-state index contributed by atoms with van der Waals surface area (Å²) < 4.78 is 28.0. The lowest BCUT2D eigenvalue weighted by molar-refractivity contribution is -0.114. The van der Waals surface area contributed by atoms with Crippen molar-refractivity contribution in [1.82, 2.24) is 10.2 Å². The van der Waals surface area contributed by atoms with E-state index in [2.05, 4.69) is 15.5 Å². The molecular formula is C25H24N4O3S2. The number of amides is 1. The van der Waals surface area contributed by atoms with E-state index in [4.69, 9.17) is 0 Å². The lowest BCUT2D eigenvalue weighted by Gasteiger charge is -2.24. The Hall–Kier alpha value is -3.56. The van der Waals surface area contributed by atoms with Gasteiger partial charge in [0.2, 0.25) is 11.0 Å². The van der Waals surface area contributed by atoms with Crippen molar-refractivity contribution in [2.75, 3.05) is 16.2 Å². The van der Waals surface area contributed by atoms with E-state index < -0.39 is 22.5 Å². The van der Waals surface area contributed by atoms with Crippen molar-refractivity contribution in [3.05, 3.63) is 89.5 Å². The number of aryl methyl sites for hydroxylation is 3. The molecule has 1 heterocycles. The maximum absolute atomic E-state index is 13.5. The summed E-state index contributed by atoms with van der Waals surface area (Å²) in [6.45, 7) is 5.39. The number of anilines is 2. The molecule has 1 aromatic heterocycles. The fourth-order valence-corrected chi connectivity index (χ4v) is 5.43. The molecule has 0 spiro atoms. The molecule has 0 bridgehead atoms. The van der Waals surface area contributed by atoms with Gasteiger partial charge in [0.1, 0.15) is 11.6 Å². The molecule has 0 aliphatic carbocycles. The first-order valence-electron chi connectivity index (χ1n) is 10.6. The summed E-state index contributed by atoms with van der Waals surface area (Å²) in [5.41, 5.74) is 4.36. The van der Waals surface area contributed by atoms with Crippen LogP contribution in [0.1, 0.15) is 16.7 Å². The number of nitrogens with one attached hydrogen (secondary N) is 1. The number of rotatable bonds is 7. The van der Waals surface area contributed by atoms with Crippen LogP contribution in [-0.4, -0.2) is 31.1 Å². The molecular weight excluding hydrogens is 468 g/mol. The zero-order valence-corrected chi connectivity index (χ0v) is 20.7. The van der Waals surface area contributed by atoms with Gasteiger partial charge in [0.25, 0.3) is 10.0 Å². The highest BCUT2D eigenvalue weighted by atomic mass is 32.2. The molecule has 0 unspecified atom stereocenters. The summed E-state index contributed by atoms with van der Waals surface area (Å²) in [4.78, 5) is 13.0. The number of aromatic nitrogens is 2. The average molecular weight is 493 g/mol. The molecule has 174 valence electrons. The molecule has 1 amide bonds. The minimum absolute atomic E-state index is 0.115. The normalized spacial score (nSPS) is 11.3. The molecule has 4 rings (SSSR count). The van der Waals surface area contributed by atoms with Crippen LogP contribution in [0.15, 0.2) is 77.7 Å². The van der Waals surface area contributed by atoms with Crippen molar-refractivity contribution in [1.29, 1.82) is 0 Å². The zero-order chi connectivity index (χ0) is 24.3. The molecule has 0 aliphatic rings. The second-order valence-electron chi connectivity index (χ2n) is 7.99. The summed E-state index contributed by atoms with van der Waals surface area (Å²) >= 11 is 1.23. The standard InChI is InChI=1S/C25H24N4O3S2/c1-17-4-10-20(11-5-17)24-27-28-25(33-24)26-23(30)16-29(21-12-6-18(2)7-13-21)34(31,32)22-14-8-19(3)9-15-22/h4-15H,16H2,1-3H3,(H,26,28,30). The van der Waals surface area contributed by atoms with Gasteiger partial charge in [-0.25, -0.2) is 8.42 Å². The van der Waals surface area contributed by atoms with Crippen molar-refractivity contribution in [3.8, 4) is 10.6 Å². The van der Waals surface area contributed by atoms with E-state index in [1.165, 1.54) is 11.3 Å². The van der Waals surface area contributed by atoms with Crippen molar-refractivity contribution in [3.63, 3.8) is 0 Å². The van der Waals surface area contributed by atoms with E-state index in [9.17, 15) is 13.2 Å². The van der Waals surface area contributed by atoms with Crippen LogP contribution in [0, 0.1) is 20.8 Å². The predicted molar refractivity (Wildman–Crippen MR) is 136 cm³/mol. The largest absolute Gasteiger partial charge is 0.299 e. The second kappa shape index (κ2) is 9.74. The minimum atomic E-state index is -3.97. The fourth-order valence-electron chi connectivity index (χ4n) is 3.24. The van der Waals surface area contributed by atoms with E-state index >= 15 is 0 Å². The molecule has 1 N–H and O–H groups in total. The van der Waals surface area contributed by atoms with E-state index in [0.717, 1.165) is 26.6 Å². The Kier molecular flexibility index (Phi) is 6.76. The smallest absolute Gasteiger partial charge is 0.264 e. The molecule has 3 aromatic carbocycles. The monoisotopic (exact) mass is 492 g/mol. The third kappa shape index (κ3) is 5.32. The van der Waals surface area contributed by atoms with Gasteiger partial charge >= 0.3 is 0 Å². The molecule has 0 fully saturated rings. The van der Waals surface area contributed by atoms with Crippen LogP contribution in [0.4, 0.5) is 10.8 Å². The number of hydrogen-bond acceptors (Lipinski definition) is 6. The van der Waals surface area contributed by atoms with Gasteiger partial charge in [0, 0.05) is 5.56 Å². The van der Waals surface area contributed by atoms with Crippen LogP contribution < -0.4 is 9.62 Å². The van der Waals surface area contributed by atoms with Crippen molar-refractivity contribution in [2.45, 2.75) is 25.7 Å². The van der Waals surface area contributed by atoms with Gasteiger partial charge in [-0.05, 0) is 45.0 Å². The molecule has 7 nitrogen and oxygen atoms in total. The van der Waals surface area contributed by atoms with Crippen molar-refractivity contribution < 1.29 is 13.2 Å². The van der Waals surface area contributed by atoms with Crippen LogP contribution in [0.25, 0.3) is 10.6 Å². The minimum Gasteiger partial charge on any atom is -0.299 e. The summed E-state index contributed by atoms with van der Waals surface area (Å²) in [6, 6.07) is 21.4. The highest BCUT2D eigenvalue weighted by molar-refractivity contribution is 7.92. The molecule has 4 aromatic rings. The van der Waals surface area contributed by atoms with Gasteiger partial charge < -0.3 is 0 Å². The number of benzene rings is 3. The Morgan fingerprint density at radius 2 is 1.35 bits per heavy atom. The topological polar surface area (TPSA) is 92.3 Å². The molecule has 9 heteroatoms. The van der Waals surface area contributed by atoms with E-state index in [1.807, 2.05) is 57.2 Å². The lowest BCUT2D eigenvalue weighted by Crippen LogP contribution is -2.38. The molecule has 0 aliphatic heterocycles. The second-order valence-corrected chi connectivity index (χ2v) is 10.8. The molecule has 0 saturated heterocycles. The summed E-state index contributed by atoms with van der Waals surface area (Å²) in [5.74, 6) is -0.511. The highest BCUT2D eigenvalue weighted by Gasteiger charge is 2.27. The summed E-state index contributed by atoms with van der Waals surface area (Å²) in [5, 5.41) is 11.8. The first kappa shape index (κ1) is 23.6. The first-order chi connectivity index (χ1) is 16.2. The Morgan fingerprint density at radius 1 is 0.824 bits per heavy atom. The SMILES string of the molecule is Cc1ccc(-c2nnc(NC(=O)CN(c3ccc(C)cc3)S(=O)(=O)c3ccc(C)cc3)s2)cc1. The molecule has 34 heavy (non-hydrogen) atoms. The Balaban J connectivity index is 1.58.